The fourth-order valence-electron chi connectivity index (χ4n) is 3.19. The summed E-state index contributed by atoms with van der Waals surface area (Å²) in [6.45, 7) is 5.80. The summed E-state index contributed by atoms with van der Waals surface area (Å²) in [6.07, 6.45) is 7.25. The van der Waals surface area contributed by atoms with Crippen molar-refractivity contribution in [1.82, 2.24) is 19.6 Å². The van der Waals surface area contributed by atoms with E-state index in [-0.39, 0.29) is 5.91 Å². The Kier molecular flexibility index (Phi) is 6.56. The number of aryl methyl sites for hydroxylation is 2. The molecule has 4 rings (SSSR count). The maximum atomic E-state index is 12.6. The Morgan fingerprint density at radius 2 is 1.81 bits per heavy atom. The molecular formula is C24H24ClN5O2. The van der Waals surface area contributed by atoms with Crippen LogP contribution in [0.25, 0.3) is 0 Å². The molecule has 8 heteroatoms. The van der Waals surface area contributed by atoms with Gasteiger partial charge in [-0.1, -0.05) is 23.7 Å². The number of anilines is 1. The lowest BCUT2D eigenvalue weighted by Gasteiger charge is -2.09. The average Bonchev–Trinajstić information content (AvgIpc) is 3.44. The van der Waals surface area contributed by atoms with Gasteiger partial charge in [-0.25, -0.2) is 0 Å². The van der Waals surface area contributed by atoms with Crippen LogP contribution in [0.3, 0.4) is 0 Å². The Bertz CT molecular complexity index is 1210. The second kappa shape index (κ2) is 9.70. The van der Waals surface area contributed by atoms with Gasteiger partial charge in [0.2, 0.25) is 0 Å². The Morgan fingerprint density at radius 3 is 2.53 bits per heavy atom. The normalized spacial score (nSPS) is 10.8. The first-order valence-corrected chi connectivity index (χ1v) is 10.7. The van der Waals surface area contributed by atoms with Gasteiger partial charge in [-0.3, -0.25) is 14.2 Å². The van der Waals surface area contributed by atoms with Crippen molar-refractivity contribution in [2.75, 3.05) is 5.32 Å². The van der Waals surface area contributed by atoms with Crippen molar-refractivity contribution in [1.29, 1.82) is 0 Å². The average molecular weight is 450 g/mol. The first-order chi connectivity index (χ1) is 15.5. The molecule has 2 aromatic carbocycles. The summed E-state index contributed by atoms with van der Waals surface area (Å²) in [5.74, 6) is 0.567. The molecule has 0 unspecified atom stereocenters. The first kappa shape index (κ1) is 21.6. The molecule has 2 aromatic heterocycles. The van der Waals surface area contributed by atoms with E-state index in [9.17, 15) is 4.79 Å². The molecule has 0 saturated heterocycles. The number of nitrogens with one attached hydrogen (secondary N) is 1. The summed E-state index contributed by atoms with van der Waals surface area (Å²) in [6, 6.07) is 12.9. The van der Waals surface area contributed by atoms with Crippen molar-refractivity contribution in [2.24, 2.45) is 0 Å². The summed E-state index contributed by atoms with van der Waals surface area (Å²) < 4.78 is 9.45. The van der Waals surface area contributed by atoms with Crippen molar-refractivity contribution in [3.8, 4) is 5.75 Å². The SMILES string of the molecule is CCn1cc(Cn2cc(NC(=O)c3ccc(COc4ccc(Cl)c(C)c4)cc3)cn2)cn1. The maximum absolute atomic E-state index is 12.6. The third-order valence-electron chi connectivity index (χ3n) is 5.00. The van der Waals surface area contributed by atoms with Crippen LogP contribution in [0, 0.1) is 6.92 Å². The Balaban J connectivity index is 1.31. The summed E-state index contributed by atoms with van der Waals surface area (Å²) in [5.41, 5.74) is 4.20. The van der Waals surface area contributed by atoms with Crippen LogP contribution in [0.1, 0.15) is 34.0 Å². The van der Waals surface area contributed by atoms with Crippen LogP contribution in [-0.2, 0) is 19.7 Å². The van der Waals surface area contributed by atoms with Crippen molar-refractivity contribution in [2.45, 2.75) is 33.5 Å². The van der Waals surface area contributed by atoms with Crippen molar-refractivity contribution < 1.29 is 9.53 Å². The quantitative estimate of drug-likeness (QED) is 0.413. The molecule has 0 aliphatic carbocycles. The van der Waals surface area contributed by atoms with E-state index < -0.39 is 0 Å². The highest BCUT2D eigenvalue weighted by Crippen LogP contribution is 2.22. The number of nitrogens with zero attached hydrogens (tertiary/aromatic N) is 4. The third kappa shape index (κ3) is 5.36. The molecule has 0 bridgehead atoms. The van der Waals surface area contributed by atoms with E-state index in [1.165, 1.54) is 0 Å². The fourth-order valence-corrected chi connectivity index (χ4v) is 3.31. The summed E-state index contributed by atoms with van der Waals surface area (Å²) in [4.78, 5) is 12.6. The van der Waals surface area contributed by atoms with Crippen LogP contribution in [0.15, 0.2) is 67.3 Å². The molecule has 0 fully saturated rings. The minimum atomic E-state index is -0.191. The van der Waals surface area contributed by atoms with Crippen molar-refractivity contribution in [3.05, 3.63) is 94.5 Å². The highest BCUT2D eigenvalue weighted by Gasteiger charge is 2.09. The van der Waals surface area contributed by atoms with E-state index in [0.717, 1.165) is 29.0 Å². The lowest BCUT2D eigenvalue weighted by molar-refractivity contribution is 0.102. The largest absolute Gasteiger partial charge is 0.489 e. The predicted octanol–water partition coefficient (Wildman–Crippen LogP) is 4.94. The molecule has 0 aliphatic rings. The van der Waals surface area contributed by atoms with Gasteiger partial charge < -0.3 is 10.1 Å². The van der Waals surface area contributed by atoms with Crippen LogP contribution in [0.5, 0.6) is 5.75 Å². The number of rotatable bonds is 8. The monoisotopic (exact) mass is 449 g/mol. The lowest BCUT2D eigenvalue weighted by Crippen LogP contribution is -2.11. The topological polar surface area (TPSA) is 74.0 Å². The zero-order valence-electron chi connectivity index (χ0n) is 18.0. The van der Waals surface area contributed by atoms with E-state index in [4.69, 9.17) is 16.3 Å². The zero-order chi connectivity index (χ0) is 22.5. The van der Waals surface area contributed by atoms with Crippen LogP contribution >= 0.6 is 11.6 Å². The van der Waals surface area contributed by atoms with Crippen LogP contribution < -0.4 is 10.1 Å². The van der Waals surface area contributed by atoms with Crippen molar-refractivity contribution in [3.63, 3.8) is 0 Å². The molecule has 1 amide bonds. The third-order valence-corrected chi connectivity index (χ3v) is 5.42. The van der Waals surface area contributed by atoms with E-state index in [0.29, 0.717) is 29.4 Å². The minimum absolute atomic E-state index is 0.191. The van der Waals surface area contributed by atoms with Gasteiger partial charge in [0.15, 0.2) is 0 Å². The molecule has 0 spiro atoms. The number of benzene rings is 2. The molecular weight excluding hydrogens is 426 g/mol. The molecule has 1 N–H and O–H groups in total. The molecule has 4 aromatic rings. The maximum Gasteiger partial charge on any atom is 0.255 e. The van der Waals surface area contributed by atoms with Crippen LogP contribution in [0.2, 0.25) is 5.02 Å². The molecule has 0 saturated carbocycles. The van der Waals surface area contributed by atoms with Crippen LogP contribution in [0.4, 0.5) is 5.69 Å². The number of amides is 1. The number of hydrogen-bond donors (Lipinski definition) is 1. The number of halogens is 1. The summed E-state index contributed by atoms with van der Waals surface area (Å²) in [7, 11) is 0. The number of aromatic nitrogens is 4. The lowest BCUT2D eigenvalue weighted by atomic mass is 10.1. The standard InChI is InChI=1S/C24H24ClN5O2/c1-3-29-13-19(11-26-29)14-30-15-21(12-27-30)28-24(31)20-6-4-18(5-7-20)16-32-22-8-9-23(25)17(2)10-22/h4-13,15H,3,14,16H2,1-2H3,(H,28,31). The molecule has 2 heterocycles. The zero-order valence-corrected chi connectivity index (χ0v) is 18.7. The minimum Gasteiger partial charge on any atom is -0.489 e. The van der Waals surface area contributed by atoms with Crippen LogP contribution in [-0.4, -0.2) is 25.5 Å². The Morgan fingerprint density at radius 1 is 1.03 bits per heavy atom. The molecule has 0 aliphatic heterocycles. The van der Waals surface area contributed by atoms with E-state index in [2.05, 4.69) is 15.5 Å². The molecule has 32 heavy (non-hydrogen) atoms. The van der Waals surface area contributed by atoms with Gasteiger partial charge in [0.05, 0.1) is 24.6 Å². The first-order valence-electron chi connectivity index (χ1n) is 10.3. The molecule has 7 nitrogen and oxygen atoms in total. The van der Waals surface area contributed by atoms with Gasteiger partial charge in [0, 0.05) is 35.1 Å². The van der Waals surface area contributed by atoms with Gasteiger partial charge in [-0.05, 0) is 55.3 Å². The van der Waals surface area contributed by atoms with Gasteiger partial charge in [0.1, 0.15) is 12.4 Å². The van der Waals surface area contributed by atoms with Gasteiger partial charge in [-0.2, -0.15) is 10.2 Å². The number of carbonyl (C=O) groups is 1. The van der Waals surface area contributed by atoms with Gasteiger partial charge >= 0.3 is 0 Å². The fraction of sp³-hybridized carbons (Fsp3) is 0.208. The van der Waals surface area contributed by atoms with Gasteiger partial charge in [0.25, 0.3) is 5.91 Å². The smallest absolute Gasteiger partial charge is 0.255 e. The Hall–Kier alpha value is -3.58. The van der Waals surface area contributed by atoms with E-state index >= 15 is 0 Å². The number of ether oxygens (including phenoxy) is 1. The summed E-state index contributed by atoms with van der Waals surface area (Å²) in [5, 5.41) is 12.2. The second-order valence-corrected chi connectivity index (χ2v) is 7.89. The Labute approximate surface area is 191 Å². The molecule has 0 radical (unpaired) electrons. The van der Waals surface area contributed by atoms with Crippen molar-refractivity contribution >= 4 is 23.2 Å². The van der Waals surface area contributed by atoms with E-state index in [1.54, 1.807) is 29.2 Å². The molecule has 0 atom stereocenters. The van der Waals surface area contributed by atoms with Gasteiger partial charge in [-0.15, -0.1) is 0 Å². The highest BCUT2D eigenvalue weighted by molar-refractivity contribution is 6.31. The summed E-state index contributed by atoms with van der Waals surface area (Å²) >= 11 is 6.04. The molecule has 164 valence electrons. The number of hydrogen-bond acceptors (Lipinski definition) is 4. The second-order valence-electron chi connectivity index (χ2n) is 7.48. The number of carbonyl (C=O) groups excluding carboxylic acids is 1. The predicted molar refractivity (Wildman–Crippen MR) is 124 cm³/mol. The van der Waals surface area contributed by atoms with E-state index in [1.807, 2.05) is 61.3 Å². The highest BCUT2D eigenvalue weighted by atomic mass is 35.5.